The Kier molecular flexibility index (Phi) is 5.89. The molecule has 0 bridgehead atoms. The second kappa shape index (κ2) is 8.52. The first-order valence-corrected chi connectivity index (χ1v) is 9.13. The molecule has 0 aliphatic carbocycles. The highest BCUT2D eigenvalue weighted by molar-refractivity contribution is 6.17. The number of fused-ring (bicyclic) bond motifs is 1. The summed E-state index contributed by atoms with van der Waals surface area (Å²) in [4.78, 5) is 29.1. The Hall–Kier alpha value is -3.41. The van der Waals surface area contributed by atoms with E-state index in [0.29, 0.717) is 5.56 Å². The summed E-state index contributed by atoms with van der Waals surface area (Å²) in [7, 11) is 1.95. The van der Waals surface area contributed by atoms with E-state index < -0.39 is 11.9 Å². The molecule has 1 aromatic heterocycles. The van der Waals surface area contributed by atoms with Gasteiger partial charge >= 0.3 is 11.9 Å². The van der Waals surface area contributed by atoms with Crippen molar-refractivity contribution in [2.75, 3.05) is 13.2 Å². The van der Waals surface area contributed by atoms with Crippen LogP contribution in [0.1, 0.15) is 19.4 Å². The number of imidazole rings is 1. The SMILES string of the molecule is CCOC(=O)C(=Cc1cccc(-c2nc3ccccc3n2C)c1)C(=O)OCC. The minimum Gasteiger partial charge on any atom is -0.462 e. The molecule has 0 amide bonds. The van der Waals surface area contributed by atoms with E-state index >= 15 is 0 Å². The minimum absolute atomic E-state index is 0.133. The van der Waals surface area contributed by atoms with Crippen molar-refractivity contribution in [2.24, 2.45) is 7.05 Å². The van der Waals surface area contributed by atoms with Gasteiger partial charge in [-0.3, -0.25) is 0 Å². The number of ether oxygens (including phenoxy) is 2. The first-order chi connectivity index (χ1) is 13.5. The molecule has 6 heteroatoms. The average molecular weight is 378 g/mol. The number of hydrogen-bond acceptors (Lipinski definition) is 5. The molecular formula is C22H22N2O4. The Balaban J connectivity index is 2.03. The molecule has 28 heavy (non-hydrogen) atoms. The molecule has 0 aliphatic rings. The number of nitrogens with zero attached hydrogens (tertiary/aromatic N) is 2. The summed E-state index contributed by atoms with van der Waals surface area (Å²) in [6, 6.07) is 15.4. The second-order valence-electron chi connectivity index (χ2n) is 6.11. The van der Waals surface area contributed by atoms with Gasteiger partial charge in [-0.15, -0.1) is 0 Å². The van der Waals surface area contributed by atoms with E-state index in [0.717, 1.165) is 22.4 Å². The number of benzene rings is 2. The Morgan fingerprint density at radius 1 is 1.00 bits per heavy atom. The number of rotatable bonds is 6. The van der Waals surface area contributed by atoms with Gasteiger partial charge in [0.25, 0.3) is 0 Å². The maximum atomic E-state index is 12.2. The van der Waals surface area contributed by atoms with E-state index in [2.05, 4.69) is 0 Å². The van der Waals surface area contributed by atoms with Gasteiger partial charge in [0.15, 0.2) is 0 Å². The van der Waals surface area contributed by atoms with Crippen LogP contribution in [0.15, 0.2) is 54.1 Å². The first kappa shape index (κ1) is 19.4. The molecular weight excluding hydrogens is 356 g/mol. The minimum atomic E-state index is -0.700. The topological polar surface area (TPSA) is 70.4 Å². The summed E-state index contributed by atoms with van der Waals surface area (Å²) in [5.41, 5.74) is 3.35. The molecule has 0 saturated heterocycles. The van der Waals surface area contributed by atoms with Crippen LogP contribution in [0.4, 0.5) is 0 Å². The molecule has 2 aromatic carbocycles. The molecule has 0 saturated carbocycles. The maximum Gasteiger partial charge on any atom is 0.345 e. The molecule has 1 heterocycles. The molecule has 0 atom stereocenters. The van der Waals surface area contributed by atoms with E-state index in [1.54, 1.807) is 13.8 Å². The molecule has 0 unspecified atom stereocenters. The normalized spacial score (nSPS) is 10.5. The lowest BCUT2D eigenvalue weighted by atomic mass is 10.1. The second-order valence-corrected chi connectivity index (χ2v) is 6.11. The average Bonchev–Trinajstić information content (AvgIpc) is 3.03. The van der Waals surface area contributed by atoms with Gasteiger partial charge in [0.05, 0.1) is 24.2 Å². The Labute approximate surface area is 163 Å². The number of para-hydroxylation sites is 2. The summed E-state index contributed by atoms with van der Waals surface area (Å²) in [6.45, 7) is 3.73. The third kappa shape index (κ3) is 3.96. The van der Waals surface area contributed by atoms with Crippen LogP contribution in [-0.2, 0) is 26.1 Å². The number of carbonyl (C=O) groups excluding carboxylic acids is 2. The van der Waals surface area contributed by atoms with E-state index in [9.17, 15) is 9.59 Å². The van der Waals surface area contributed by atoms with Crippen LogP contribution in [0.25, 0.3) is 28.5 Å². The molecule has 6 nitrogen and oxygen atoms in total. The monoisotopic (exact) mass is 378 g/mol. The molecule has 0 fully saturated rings. The van der Waals surface area contributed by atoms with Gasteiger partial charge in [-0.1, -0.05) is 30.3 Å². The van der Waals surface area contributed by atoms with E-state index in [1.807, 2.05) is 60.1 Å². The number of aryl methyl sites for hydroxylation is 1. The van der Waals surface area contributed by atoms with Crippen molar-refractivity contribution in [3.63, 3.8) is 0 Å². The smallest absolute Gasteiger partial charge is 0.345 e. The van der Waals surface area contributed by atoms with Gasteiger partial charge in [0.2, 0.25) is 0 Å². The fraction of sp³-hybridized carbons (Fsp3) is 0.227. The van der Waals surface area contributed by atoms with Crippen LogP contribution in [0.2, 0.25) is 0 Å². The number of aromatic nitrogens is 2. The fourth-order valence-corrected chi connectivity index (χ4v) is 2.96. The van der Waals surface area contributed by atoms with Gasteiger partial charge in [-0.05, 0) is 43.7 Å². The summed E-state index contributed by atoms with van der Waals surface area (Å²) >= 11 is 0. The molecule has 144 valence electrons. The summed E-state index contributed by atoms with van der Waals surface area (Å²) in [5.74, 6) is -0.603. The zero-order chi connectivity index (χ0) is 20.1. The molecule has 3 rings (SSSR count). The van der Waals surface area contributed by atoms with Crippen molar-refractivity contribution in [3.8, 4) is 11.4 Å². The molecule has 3 aromatic rings. The lowest BCUT2D eigenvalue weighted by Crippen LogP contribution is -2.18. The van der Waals surface area contributed by atoms with Crippen LogP contribution in [0.5, 0.6) is 0 Å². The highest BCUT2D eigenvalue weighted by Gasteiger charge is 2.21. The predicted octanol–water partition coefficient (Wildman–Crippen LogP) is 3.75. The van der Waals surface area contributed by atoms with Crippen LogP contribution < -0.4 is 0 Å². The zero-order valence-corrected chi connectivity index (χ0v) is 16.1. The first-order valence-electron chi connectivity index (χ1n) is 9.13. The third-order valence-corrected chi connectivity index (χ3v) is 4.23. The summed E-state index contributed by atoms with van der Waals surface area (Å²) in [5, 5.41) is 0. The Morgan fingerprint density at radius 2 is 1.68 bits per heavy atom. The van der Waals surface area contributed by atoms with Gasteiger partial charge < -0.3 is 14.0 Å². The van der Waals surface area contributed by atoms with Crippen molar-refractivity contribution in [1.29, 1.82) is 0 Å². The van der Waals surface area contributed by atoms with Crippen molar-refractivity contribution in [3.05, 3.63) is 59.7 Å². The van der Waals surface area contributed by atoms with Gasteiger partial charge in [-0.25, -0.2) is 14.6 Å². The van der Waals surface area contributed by atoms with Crippen LogP contribution in [-0.4, -0.2) is 34.7 Å². The maximum absolute atomic E-state index is 12.2. The van der Waals surface area contributed by atoms with Crippen molar-refractivity contribution in [2.45, 2.75) is 13.8 Å². The highest BCUT2D eigenvalue weighted by atomic mass is 16.6. The van der Waals surface area contributed by atoms with Gasteiger partial charge in [0, 0.05) is 12.6 Å². The van der Waals surface area contributed by atoms with Gasteiger partial charge in [0.1, 0.15) is 11.4 Å². The summed E-state index contributed by atoms with van der Waals surface area (Å²) in [6.07, 6.45) is 1.49. The van der Waals surface area contributed by atoms with E-state index in [-0.39, 0.29) is 18.8 Å². The number of carbonyl (C=O) groups is 2. The van der Waals surface area contributed by atoms with Crippen molar-refractivity contribution in [1.82, 2.24) is 9.55 Å². The highest BCUT2D eigenvalue weighted by Crippen LogP contribution is 2.25. The number of hydrogen-bond donors (Lipinski definition) is 0. The summed E-state index contributed by atoms with van der Waals surface area (Å²) < 4.78 is 12.0. The van der Waals surface area contributed by atoms with Crippen molar-refractivity contribution < 1.29 is 19.1 Å². The predicted molar refractivity (Wildman–Crippen MR) is 107 cm³/mol. The van der Waals surface area contributed by atoms with Crippen molar-refractivity contribution >= 4 is 29.0 Å². The Morgan fingerprint density at radius 3 is 2.32 bits per heavy atom. The lowest BCUT2D eigenvalue weighted by Gasteiger charge is -2.08. The van der Waals surface area contributed by atoms with Crippen LogP contribution in [0, 0.1) is 0 Å². The quantitative estimate of drug-likeness (QED) is 0.283. The fourth-order valence-electron chi connectivity index (χ4n) is 2.96. The third-order valence-electron chi connectivity index (χ3n) is 4.23. The van der Waals surface area contributed by atoms with Crippen LogP contribution >= 0.6 is 0 Å². The molecule has 0 spiro atoms. The van der Waals surface area contributed by atoms with Gasteiger partial charge in [-0.2, -0.15) is 0 Å². The Bertz CT molecular complexity index is 1030. The number of esters is 2. The molecule has 0 N–H and O–H groups in total. The van der Waals surface area contributed by atoms with E-state index in [1.165, 1.54) is 6.08 Å². The lowest BCUT2D eigenvalue weighted by molar-refractivity contribution is -0.146. The molecule has 0 radical (unpaired) electrons. The van der Waals surface area contributed by atoms with E-state index in [4.69, 9.17) is 14.5 Å². The largest absolute Gasteiger partial charge is 0.462 e. The zero-order valence-electron chi connectivity index (χ0n) is 16.1. The molecule has 0 aliphatic heterocycles. The standard InChI is InChI=1S/C22H22N2O4/c1-4-27-21(25)17(22(26)28-5-2)14-15-9-8-10-16(13-15)20-23-18-11-6-7-12-19(18)24(20)3/h6-14H,4-5H2,1-3H3. The van der Waals surface area contributed by atoms with Crippen LogP contribution in [0.3, 0.4) is 0 Å².